The van der Waals surface area contributed by atoms with Crippen LogP contribution in [-0.4, -0.2) is 32.2 Å². The van der Waals surface area contributed by atoms with Gasteiger partial charge in [-0.25, -0.2) is 14.6 Å². The van der Waals surface area contributed by atoms with Crippen molar-refractivity contribution in [3.8, 4) is 0 Å². The van der Waals surface area contributed by atoms with E-state index < -0.39 is 0 Å². The number of carbonyl (C=O) groups excluding carboxylic acids is 1. The second-order valence-electron chi connectivity index (χ2n) is 5.87. The van der Waals surface area contributed by atoms with Crippen molar-refractivity contribution in [3.05, 3.63) is 57.3 Å². The molecule has 0 aliphatic heterocycles. The number of aromatic nitrogens is 4. The van der Waals surface area contributed by atoms with E-state index in [1.807, 2.05) is 23.6 Å². The van der Waals surface area contributed by atoms with Crippen molar-refractivity contribution in [2.75, 3.05) is 11.9 Å². The van der Waals surface area contributed by atoms with Gasteiger partial charge in [0.1, 0.15) is 12.1 Å². The number of amides is 1. The second-order valence-corrected chi connectivity index (χ2v) is 7.93. The van der Waals surface area contributed by atoms with Crippen LogP contribution in [0, 0.1) is 0 Å². The van der Waals surface area contributed by atoms with Crippen LogP contribution in [0.1, 0.15) is 9.75 Å². The fourth-order valence-corrected chi connectivity index (χ4v) is 4.06. The van der Waals surface area contributed by atoms with Crippen LogP contribution >= 0.6 is 22.7 Å². The number of carbonyl (C=O) groups is 1. The molecule has 0 fully saturated rings. The average molecular weight is 399 g/mol. The number of anilines is 1. The molecule has 4 aromatic rings. The Labute approximate surface area is 164 Å². The van der Waals surface area contributed by atoms with Crippen LogP contribution in [0.4, 0.5) is 5.82 Å². The number of hydrogen-bond donors (Lipinski definition) is 2. The van der Waals surface area contributed by atoms with Gasteiger partial charge in [-0.1, -0.05) is 12.1 Å². The summed E-state index contributed by atoms with van der Waals surface area (Å²) in [7, 11) is 0. The molecule has 7 nitrogen and oxygen atoms in total. The molecule has 4 rings (SSSR count). The topological polar surface area (TPSA) is 84.7 Å². The second kappa shape index (κ2) is 8.28. The molecule has 138 valence electrons. The largest absolute Gasteiger partial charge is 0.364 e. The van der Waals surface area contributed by atoms with Crippen LogP contribution in [0.2, 0.25) is 0 Å². The van der Waals surface area contributed by atoms with Crippen molar-refractivity contribution >= 4 is 45.4 Å². The van der Waals surface area contributed by atoms with Gasteiger partial charge in [-0.2, -0.15) is 5.10 Å². The quantitative estimate of drug-likeness (QED) is 0.477. The molecule has 0 atom stereocenters. The molecular formula is C18H18N6OS2. The van der Waals surface area contributed by atoms with Gasteiger partial charge in [-0.05, 0) is 22.9 Å². The van der Waals surface area contributed by atoms with E-state index in [-0.39, 0.29) is 5.91 Å². The van der Waals surface area contributed by atoms with Gasteiger partial charge >= 0.3 is 0 Å². The molecule has 0 aromatic carbocycles. The maximum absolute atomic E-state index is 12.0. The monoisotopic (exact) mass is 398 g/mol. The molecule has 0 saturated heterocycles. The number of hydrogen-bond acceptors (Lipinski definition) is 7. The highest BCUT2D eigenvalue weighted by molar-refractivity contribution is 7.10. The zero-order valence-corrected chi connectivity index (χ0v) is 16.1. The van der Waals surface area contributed by atoms with Gasteiger partial charge in [0.25, 0.3) is 0 Å². The van der Waals surface area contributed by atoms with Gasteiger partial charge < -0.3 is 10.6 Å². The molecule has 0 radical (unpaired) electrons. The summed E-state index contributed by atoms with van der Waals surface area (Å²) in [6.07, 6.45) is 3.71. The Balaban J connectivity index is 1.36. The Morgan fingerprint density at radius 2 is 1.93 bits per heavy atom. The van der Waals surface area contributed by atoms with Gasteiger partial charge in [0.05, 0.1) is 31.1 Å². The normalized spacial score (nSPS) is 11.0. The summed E-state index contributed by atoms with van der Waals surface area (Å²) >= 11 is 3.29. The fourth-order valence-electron chi connectivity index (χ4n) is 2.72. The third-order valence-electron chi connectivity index (χ3n) is 4.00. The Hall–Kier alpha value is -2.78. The molecule has 0 bridgehead atoms. The fraction of sp³-hybridized carbons (Fsp3) is 0.222. The molecule has 9 heteroatoms. The van der Waals surface area contributed by atoms with Gasteiger partial charge in [-0.15, -0.1) is 22.7 Å². The van der Waals surface area contributed by atoms with E-state index in [4.69, 9.17) is 0 Å². The number of nitrogens with one attached hydrogen (secondary N) is 2. The molecule has 0 aliphatic rings. The lowest BCUT2D eigenvalue weighted by atomic mass is 10.3. The minimum atomic E-state index is 0.0156. The van der Waals surface area contributed by atoms with Gasteiger partial charge in [0.2, 0.25) is 5.91 Å². The van der Waals surface area contributed by atoms with E-state index in [9.17, 15) is 4.79 Å². The Morgan fingerprint density at radius 1 is 1.11 bits per heavy atom. The molecule has 27 heavy (non-hydrogen) atoms. The van der Waals surface area contributed by atoms with E-state index >= 15 is 0 Å². The number of fused-ring (bicyclic) bond motifs is 1. The van der Waals surface area contributed by atoms with Crippen molar-refractivity contribution in [3.63, 3.8) is 0 Å². The van der Waals surface area contributed by atoms with Crippen LogP contribution in [0.5, 0.6) is 0 Å². The smallest absolute Gasteiger partial charge is 0.225 e. The minimum absolute atomic E-state index is 0.0156. The first-order valence-electron chi connectivity index (χ1n) is 8.51. The summed E-state index contributed by atoms with van der Waals surface area (Å²) in [5, 5.41) is 15.6. The van der Waals surface area contributed by atoms with E-state index in [1.54, 1.807) is 33.6 Å². The molecule has 1 amide bonds. The highest BCUT2D eigenvalue weighted by atomic mass is 32.1. The lowest BCUT2D eigenvalue weighted by Gasteiger charge is -2.07. The van der Waals surface area contributed by atoms with E-state index in [2.05, 4.69) is 37.1 Å². The van der Waals surface area contributed by atoms with E-state index in [0.717, 1.165) is 21.7 Å². The third-order valence-corrected chi connectivity index (χ3v) is 5.76. The highest BCUT2D eigenvalue weighted by Crippen LogP contribution is 2.20. The van der Waals surface area contributed by atoms with Crippen molar-refractivity contribution in [2.24, 2.45) is 0 Å². The van der Waals surface area contributed by atoms with Crippen molar-refractivity contribution in [1.82, 2.24) is 25.1 Å². The first kappa shape index (κ1) is 17.6. The summed E-state index contributed by atoms with van der Waals surface area (Å²) in [6.45, 7) is 1.78. The Morgan fingerprint density at radius 3 is 2.70 bits per heavy atom. The van der Waals surface area contributed by atoms with Crippen molar-refractivity contribution in [2.45, 2.75) is 19.5 Å². The molecule has 4 aromatic heterocycles. The van der Waals surface area contributed by atoms with Crippen LogP contribution in [0.25, 0.3) is 11.0 Å². The summed E-state index contributed by atoms with van der Waals surface area (Å²) in [4.78, 5) is 23.0. The predicted octanol–water partition coefficient (Wildman–Crippen LogP) is 2.92. The predicted molar refractivity (Wildman–Crippen MR) is 108 cm³/mol. The first-order chi connectivity index (χ1) is 13.3. The number of rotatable bonds is 8. The Bertz CT molecular complexity index is 1010. The summed E-state index contributed by atoms with van der Waals surface area (Å²) in [6, 6.07) is 8.03. The van der Waals surface area contributed by atoms with Crippen LogP contribution in [0.15, 0.2) is 47.5 Å². The van der Waals surface area contributed by atoms with Crippen LogP contribution in [0.3, 0.4) is 0 Å². The first-order valence-corrected chi connectivity index (χ1v) is 10.3. The molecule has 0 unspecified atom stereocenters. The zero-order valence-electron chi connectivity index (χ0n) is 14.5. The van der Waals surface area contributed by atoms with E-state index in [1.165, 1.54) is 11.2 Å². The molecule has 0 saturated carbocycles. The molecule has 0 spiro atoms. The average Bonchev–Trinajstić information content (AvgIpc) is 3.42. The maximum atomic E-state index is 12.0. The standard InChI is InChI=1S/C18H18N6OS2/c25-16(9-13-3-1-7-26-13)19-5-6-24-18-15(11-23-24)17(21-12-22-18)20-10-14-4-2-8-27-14/h1-4,7-8,11-12H,5-6,9-10H2,(H,19,25)(H,20,21,22). The van der Waals surface area contributed by atoms with Crippen LogP contribution < -0.4 is 10.6 Å². The van der Waals surface area contributed by atoms with Gasteiger partial charge in [0.15, 0.2) is 5.65 Å². The highest BCUT2D eigenvalue weighted by Gasteiger charge is 2.10. The number of nitrogens with zero attached hydrogens (tertiary/aromatic N) is 4. The molecule has 4 heterocycles. The van der Waals surface area contributed by atoms with E-state index in [0.29, 0.717) is 26.1 Å². The SMILES string of the molecule is O=C(Cc1cccs1)NCCn1ncc2c(NCc3cccs3)ncnc21. The summed E-state index contributed by atoms with van der Waals surface area (Å²) in [5.41, 5.74) is 0.756. The molecule has 0 aliphatic carbocycles. The molecule has 2 N–H and O–H groups in total. The Kier molecular flexibility index (Phi) is 5.40. The van der Waals surface area contributed by atoms with Crippen molar-refractivity contribution in [1.29, 1.82) is 0 Å². The molecular weight excluding hydrogens is 380 g/mol. The lowest BCUT2D eigenvalue weighted by molar-refractivity contribution is -0.120. The zero-order chi connectivity index (χ0) is 18.5. The van der Waals surface area contributed by atoms with Crippen LogP contribution in [-0.2, 0) is 24.3 Å². The van der Waals surface area contributed by atoms with Gasteiger partial charge in [0, 0.05) is 16.3 Å². The maximum Gasteiger partial charge on any atom is 0.225 e. The number of thiophene rings is 2. The summed E-state index contributed by atoms with van der Waals surface area (Å²) in [5.74, 6) is 0.781. The minimum Gasteiger partial charge on any atom is -0.364 e. The van der Waals surface area contributed by atoms with Gasteiger partial charge in [-0.3, -0.25) is 4.79 Å². The summed E-state index contributed by atoms with van der Waals surface area (Å²) < 4.78 is 1.79. The lowest BCUT2D eigenvalue weighted by Crippen LogP contribution is -2.28. The van der Waals surface area contributed by atoms with Crippen molar-refractivity contribution < 1.29 is 4.79 Å². The third kappa shape index (κ3) is 4.32.